The maximum atomic E-state index is 12.7. The van der Waals surface area contributed by atoms with Crippen molar-refractivity contribution in [1.82, 2.24) is 5.16 Å². The lowest BCUT2D eigenvalue weighted by Crippen LogP contribution is -2.41. The third-order valence-corrected chi connectivity index (χ3v) is 3.37. The summed E-state index contributed by atoms with van der Waals surface area (Å²) < 4.78 is 10.4. The number of para-hydroxylation sites is 1. The van der Waals surface area contributed by atoms with E-state index in [1.54, 1.807) is 17.9 Å². The van der Waals surface area contributed by atoms with Gasteiger partial charge < -0.3 is 14.2 Å². The summed E-state index contributed by atoms with van der Waals surface area (Å²) in [6, 6.07) is 11.3. The summed E-state index contributed by atoms with van der Waals surface area (Å²) in [6.07, 6.45) is 0.831. The maximum Gasteiger partial charge on any atom is 0.280 e. The van der Waals surface area contributed by atoms with E-state index in [9.17, 15) is 4.79 Å². The number of amides is 1. The molecular weight excluding hydrogens is 256 g/mol. The molecule has 0 N–H and O–H groups in total. The zero-order valence-electron chi connectivity index (χ0n) is 11.3. The van der Waals surface area contributed by atoms with E-state index in [0.29, 0.717) is 24.7 Å². The van der Waals surface area contributed by atoms with E-state index < -0.39 is 0 Å². The number of nitrogens with zero attached hydrogens (tertiary/aromatic N) is 2. The first-order valence-corrected chi connectivity index (χ1v) is 6.65. The minimum absolute atomic E-state index is 0.0434. The maximum absolute atomic E-state index is 12.7. The predicted octanol–water partition coefficient (Wildman–Crippen LogP) is 2.42. The number of aryl methyl sites for hydroxylation is 1. The summed E-state index contributed by atoms with van der Waals surface area (Å²) in [7, 11) is 0. The van der Waals surface area contributed by atoms with Crippen LogP contribution in [0.2, 0.25) is 0 Å². The van der Waals surface area contributed by atoms with Crippen LogP contribution in [0.1, 0.15) is 22.7 Å². The Kier molecular flexibility index (Phi) is 3.52. The molecule has 1 amide bonds. The first kappa shape index (κ1) is 12.9. The quantitative estimate of drug-likeness (QED) is 0.861. The molecule has 2 aromatic rings. The van der Waals surface area contributed by atoms with Crippen LogP contribution in [0.5, 0.6) is 0 Å². The molecule has 2 heterocycles. The average molecular weight is 272 g/mol. The fourth-order valence-corrected chi connectivity index (χ4v) is 2.40. The van der Waals surface area contributed by atoms with E-state index in [4.69, 9.17) is 9.26 Å². The molecule has 0 saturated carbocycles. The Labute approximate surface area is 117 Å². The van der Waals surface area contributed by atoms with Crippen molar-refractivity contribution in [2.75, 3.05) is 18.1 Å². The van der Waals surface area contributed by atoms with Crippen molar-refractivity contribution in [3.63, 3.8) is 0 Å². The molecule has 1 unspecified atom stereocenters. The number of hydrogen-bond acceptors (Lipinski definition) is 4. The lowest BCUT2D eigenvalue weighted by atomic mass is 10.1. The standard InChI is InChI=1S/C15H16N2O3/c1-11-9-14(16-20-11)15(18)17(13-7-8-19-10-13)12-5-3-2-4-6-12/h2-6,9,13H,7-8,10H2,1H3. The highest BCUT2D eigenvalue weighted by molar-refractivity contribution is 6.05. The predicted molar refractivity (Wildman–Crippen MR) is 73.7 cm³/mol. The van der Waals surface area contributed by atoms with Crippen LogP contribution in [-0.4, -0.2) is 30.3 Å². The second-order valence-electron chi connectivity index (χ2n) is 4.85. The van der Waals surface area contributed by atoms with Crippen LogP contribution >= 0.6 is 0 Å². The van der Waals surface area contributed by atoms with Crippen molar-refractivity contribution >= 4 is 11.6 Å². The topological polar surface area (TPSA) is 55.6 Å². The molecule has 1 fully saturated rings. The molecule has 0 spiro atoms. The number of carbonyl (C=O) groups excluding carboxylic acids is 1. The lowest BCUT2D eigenvalue weighted by molar-refractivity contribution is 0.0963. The fourth-order valence-electron chi connectivity index (χ4n) is 2.40. The summed E-state index contributed by atoms with van der Waals surface area (Å²) in [5, 5.41) is 3.83. The van der Waals surface area contributed by atoms with E-state index in [1.165, 1.54) is 0 Å². The van der Waals surface area contributed by atoms with Gasteiger partial charge in [0.05, 0.1) is 12.6 Å². The molecule has 5 nitrogen and oxygen atoms in total. The molecule has 5 heteroatoms. The second-order valence-corrected chi connectivity index (χ2v) is 4.85. The molecule has 0 bridgehead atoms. The van der Waals surface area contributed by atoms with Gasteiger partial charge in [0.15, 0.2) is 5.69 Å². The zero-order valence-corrected chi connectivity index (χ0v) is 11.3. The van der Waals surface area contributed by atoms with Crippen LogP contribution in [0.25, 0.3) is 0 Å². The van der Waals surface area contributed by atoms with E-state index in [0.717, 1.165) is 12.1 Å². The van der Waals surface area contributed by atoms with Crippen molar-refractivity contribution in [3.8, 4) is 0 Å². The Bertz CT molecular complexity index is 588. The normalized spacial score (nSPS) is 18.1. The van der Waals surface area contributed by atoms with Gasteiger partial charge in [-0.25, -0.2) is 0 Å². The van der Waals surface area contributed by atoms with Gasteiger partial charge in [-0.05, 0) is 25.5 Å². The summed E-state index contributed by atoms with van der Waals surface area (Å²) in [5.74, 6) is 0.479. The number of anilines is 1. The molecule has 3 rings (SSSR count). The van der Waals surface area contributed by atoms with Crippen molar-refractivity contribution < 1.29 is 14.1 Å². The molecule has 20 heavy (non-hydrogen) atoms. The van der Waals surface area contributed by atoms with Gasteiger partial charge in [-0.3, -0.25) is 4.79 Å². The van der Waals surface area contributed by atoms with Gasteiger partial charge in [0.1, 0.15) is 5.76 Å². The fraction of sp³-hybridized carbons (Fsp3) is 0.333. The van der Waals surface area contributed by atoms with Gasteiger partial charge in [-0.15, -0.1) is 0 Å². The van der Waals surface area contributed by atoms with Crippen molar-refractivity contribution in [2.45, 2.75) is 19.4 Å². The van der Waals surface area contributed by atoms with E-state index >= 15 is 0 Å². The van der Waals surface area contributed by atoms with Crippen molar-refractivity contribution in [3.05, 3.63) is 47.9 Å². The van der Waals surface area contributed by atoms with Crippen LogP contribution in [-0.2, 0) is 4.74 Å². The second kappa shape index (κ2) is 5.46. The van der Waals surface area contributed by atoms with Gasteiger partial charge in [0, 0.05) is 18.4 Å². The van der Waals surface area contributed by atoms with Crippen LogP contribution in [0, 0.1) is 6.92 Å². The summed E-state index contributed by atoms with van der Waals surface area (Å²) >= 11 is 0. The Morgan fingerprint density at radius 1 is 1.35 bits per heavy atom. The number of ether oxygens (including phenoxy) is 1. The molecule has 1 aliphatic heterocycles. The minimum Gasteiger partial charge on any atom is -0.379 e. The Hall–Kier alpha value is -2.14. The highest BCUT2D eigenvalue weighted by Gasteiger charge is 2.30. The minimum atomic E-state index is -0.149. The molecule has 1 aliphatic rings. The van der Waals surface area contributed by atoms with Crippen LogP contribution in [0.15, 0.2) is 40.9 Å². The van der Waals surface area contributed by atoms with Gasteiger partial charge in [-0.1, -0.05) is 23.4 Å². The van der Waals surface area contributed by atoms with E-state index in [1.807, 2.05) is 30.3 Å². The monoisotopic (exact) mass is 272 g/mol. The first-order chi connectivity index (χ1) is 9.75. The van der Waals surface area contributed by atoms with Gasteiger partial charge in [-0.2, -0.15) is 0 Å². The third-order valence-electron chi connectivity index (χ3n) is 3.37. The molecule has 1 aromatic carbocycles. The van der Waals surface area contributed by atoms with Gasteiger partial charge >= 0.3 is 0 Å². The Morgan fingerprint density at radius 3 is 2.75 bits per heavy atom. The molecule has 0 aliphatic carbocycles. The van der Waals surface area contributed by atoms with E-state index in [-0.39, 0.29) is 11.9 Å². The third kappa shape index (κ3) is 2.44. The average Bonchev–Trinajstić information content (AvgIpc) is 3.12. The molecule has 1 aromatic heterocycles. The van der Waals surface area contributed by atoms with Crippen LogP contribution in [0.3, 0.4) is 0 Å². The number of aromatic nitrogens is 1. The number of carbonyl (C=O) groups is 1. The molecule has 104 valence electrons. The zero-order chi connectivity index (χ0) is 13.9. The number of benzene rings is 1. The smallest absolute Gasteiger partial charge is 0.280 e. The Morgan fingerprint density at radius 2 is 2.15 bits per heavy atom. The first-order valence-electron chi connectivity index (χ1n) is 6.65. The molecular formula is C15H16N2O3. The van der Waals surface area contributed by atoms with Crippen LogP contribution < -0.4 is 4.90 Å². The summed E-state index contributed by atoms with van der Waals surface area (Å²) in [6.45, 7) is 3.01. The Balaban J connectivity index is 1.95. The highest BCUT2D eigenvalue weighted by Crippen LogP contribution is 2.24. The molecule has 1 atom stereocenters. The summed E-state index contributed by atoms with van der Waals surface area (Å²) in [5.41, 5.74) is 1.19. The SMILES string of the molecule is Cc1cc(C(=O)N(c2ccccc2)C2CCOC2)no1. The van der Waals surface area contributed by atoms with Crippen molar-refractivity contribution in [1.29, 1.82) is 0 Å². The lowest BCUT2D eigenvalue weighted by Gasteiger charge is -2.27. The summed E-state index contributed by atoms with van der Waals surface area (Å²) in [4.78, 5) is 14.4. The van der Waals surface area contributed by atoms with Crippen LogP contribution in [0.4, 0.5) is 5.69 Å². The van der Waals surface area contributed by atoms with Gasteiger partial charge in [0.2, 0.25) is 0 Å². The number of rotatable bonds is 3. The highest BCUT2D eigenvalue weighted by atomic mass is 16.5. The largest absolute Gasteiger partial charge is 0.379 e. The van der Waals surface area contributed by atoms with Crippen molar-refractivity contribution in [2.24, 2.45) is 0 Å². The van der Waals surface area contributed by atoms with Gasteiger partial charge in [0.25, 0.3) is 5.91 Å². The molecule has 0 radical (unpaired) electrons. The molecule has 1 saturated heterocycles. The van der Waals surface area contributed by atoms with E-state index in [2.05, 4.69) is 5.16 Å². The number of hydrogen-bond donors (Lipinski definition) is 0.